The molecule has 7 nitrogen and oxygen atoms in total. The summed E-state index contributed by atoms with van der Waals surface area (Å²) in [6.45, 7) is 1.62. The van der Waals surface area contributed by atoms with Gasteiger partial charge in [-0.2, -0.15) is 0 Å². The molecule has 166 valence electrons. The number of rotatable bonds is 5. The predicted octanol–water partition coefficient (Wildman–Crippen LogP) is 4.26. The maximum absolute atomic E-state index is 12.6. The number of ether oxygens (including phenoxy) is 2. The SMILES string of the molecule is COC(=O)C1=C(C)NC(=O)NC1c1c(OC(=O)/C=C\c2ccccc2)ccc2ccccc12. The monoisotopic (exact) mass is 442 g/mol. The van der Waals surface area contributed by atoms with E-state index in [-0.39, 0.29) is 11.3 Å². The van der Waals surface area contributed by atoms with E-state index in [1.54, 1.807) is 19.1 Å². The molecule has 0 radical (unpaired) electrons. The van der Waals surface area contributed by atoms with E-state index in [0.717, 1.165) is 16.3 Å². The van der Waals surface area contributed by atoms with Crippen molar-refractivity contribution in [3.05, 3.63) is 95.2 Å². The van der Waals surface area contributed by atoms with Gasteiger partial charge in [0.05, 0.1) is 18.7 Å². The lowest BCUT2D eigenvalue weighted by molar-refractivity contribution is -0.136. The Morgan fingerprint density at radius 1 is 0.970 bits per heavy atom. The normalized spacial score (nSPS) is 15.8. The second-order valence-corrected chi connectivity index (χ2v) is 7.43. The molecule has 2 amide bonds. The lowest BCUT2D eigenvalue weighted by atomic mass is 9.90. The van der Waals surface area contributed by atoms with Crippen molar-refractivity contribution in [2.24, 2.45) is 0 Å². The predicted molar refractivity (Wildman–Crippen MR) is 124 cm³/mol. The summed E-state index contributed by atoms with van der Waals surface area (Å²) in [5.41, 5.74) is 1.94. The molecule has 7 heteroatoms. The maximum atomic E-state index is 12.6. The van der Waals surface area contributed by atoms with Crippen LogP contribution >= 0.6 is 0 Å². The molecule has 33 heavy (non-hydrogen) atoms. The number of allylic oxidation sites excluding steroid dienone is 1. The Kier molecular flexibility index (Phi) is 6.22. The van der Waals surface area contributed by atoms with Gasteiger partial charge in [-0.3, -0.25) is 0 Å². The highest BCUT2D eigenvalue weighted by Crippen LogP contribution is 2.38. The van der Waals surface area contributed by atoms with E-state index >= 15 is 0 Å². The molecule has 0 saturated heterocycles. The van der Waals surface area contributed by atoms with Gasteiger partial charge in [0.15, 0.2) is 0 Å². The average molecular weight is 442 g/mol. The van der Waals surface area contributed by atoms with Crippen molar-refractivity contribution >= 4 is 34.8 Å². The van der Waals surface area contributed by atoms with Crippen LogP contribution in [0, 0.1) is 0 Å². The van der Waals surface area contributed by atoms with Crippen LogP contribution in [0.1, 0.15) is 24.1 Å². The second-order valence-electron chi connectivity index (χ2n) is 7.43. The summed E-state index contributed by atoms with van der Waals surface area (Å²) in [5.74, 6) is -0.951. The summed E-state index contributed by atoms with van der Waals surface area (Å²) in [6, 6.07) is 19.0. The molecule has 3 aromatic rings. The first kappa shape index (κ1) is 21.8. The van der Waals surface area contributed by atoms with Gasteiger partial charge in [0.25, 0.3) is 0 Å². The highest BCUT2D eigenvalue weighted by Gasteiger charge is 2.35. The standard InChI is InChI=1S/C26H22N2O5/c1-16-22(25(30)32-2)24(28-26(31)27-16)23-19-11-7-6-10-18(19)13-14-20(23)33-21(29)15-12-17-8-4-3-5-9-17/h3-15,24H,1-2H3,(H2,27,28,31)/b15-12-. The average Bonchev–Trinajstić information content (AvgIpc) is 2.82. The van der Waals surface area contributed by atoms with Crippen LogP contribution in [0.25, 0.3) is 16.8 Å². The molecule has 1 heterocycles. The lowest BCUT2D eigenvalue weighted by Gasteiger charge is -2.29. The minimum absolute atomic E-state index is 0.227. The zero-order valence-electron chi connectivity index (χ0n) is 18.1. The number of hydrogen-bond acceptors (Lipinski definition) is 5. The molecule has 3 aromatic carbocycles. The third-order valence-electron chi connectivity index (χ3n) is 5.32. The van der Waals surface area contributed by atoms with Crippen LogP contribution in [-0.2, 0) is 14.3 Å². The molecule has 2 N–H and O–H groups in total. The molecule has 1 atom stereocenters. The summed E-state index contributed by atoms with van der Waals surface area (Å²) < 4.78 is 10.6. The Hall–Kier alpha value is -4.39. The number of carbonyl (C=O) groups is 3. The quantitative estimate of drug-likeness (QED) is 0.350. The fraction of sp³-hybridized carbons (Fsp3) is 0.115. The van der Waals surface area contributed by atoms with Crippen molar-refractivity contribution in [3.63, 3.8) is 0 Å². The summed E-state index contributed by atoms with van der Waals surface area (Å²) in [6.07, 6.45) is 2.98. The zero-order valence-corrected chi connectivity index (χ0v) is 18.1. The summed E-state index contributed by atoms with van der Waals surface area (Å²) in [4.78, 5) is 37.6. The number of amides is 2. The van der Waals surface area contributed by atoms with E-state index in [1.165, 1.54) is 13.2 Å². The minimum atomic E-state index is -0.877. The molecule has 1 aliphatic heterocycles. The molecular formula is C26H22N2O5. The number of carbonyl (C=O) groups excluding carboxylic acids is 3. The Bertz CT molecular complexity index is 1290. The molecule has 4 rings (SSSR count). The number of methoxy groups -OCH3 is 1. The highest BCUT2D eigenvalue weighted by atomic mass is 16.5. The van der Waals surface area contributed by atoms with Gasteiger partial charge in [-0.15, -0.1) is 0 Å². The van der Waals surface area contributed by atoms with Gasteiger partial charge in [-0.25, -0.2) is 14.4 Å². The summed E-state index contributed by atoms with van der Waals surface area (Å²) in [5, 5.41) is 6.97. The summed E-state index contributed by atoms with van der Waals surface area (Å²) in [7, 11) is 1.27. The van der Waals surface area contributed by atoms with Crippen molar-refractivity contribution in [3.8, 4) is 5.75 Å². The van der Waals surface area contributed by atoms with Crippen molar-refractivity contribution in [1.82, 2.24) is 10.6 Å². The van der Waals surface area contributed by atoms with Crippen molar-refractivity contribution in [2.75, 3.05) is 7.11 Å². The Morgan fingerprint density at radius 2 is 1.70 bits per heavy atom. The molecule has 0 aromatic heterocycles. The first-order valence-electron chi connectivity index (χ1n) is 10.3. The third-order valence-corrected chi connectivity index (χ3v) is 5.32. The number of nitrogens with one attached hydrogen (secondary N) is 2. The fourth-order valence-corrected chi connectivity index (χ4v) is 3.82. The highest BCUT2D eigenvalue weighted by molar-refractivity contribution is 5.98. The molecule has 0 fully saturated rings. The van der Waals surface area contributed by atoms with Crippen LogP contribution in [0.5, 0.6) is 5.75 Å². The van der Waals surface area contributed by atoms with Crippen molar-refractivity contribution in [1.29, 1.82) is 0 Å². The minimum Gasteiger partial charge on any atom is -0.466 e. The first-order chi connectivity index (χ1) is 16.0. The smallest absolute Gasteiger partial charge is 0.337 e. The van der Waals surface area contributed by atoms with Gasteiger partial charge < -0.3 is 20.1 Å². The number of fused-ring (bicyclic) bond motifs is 1. The van der Waals surface area contributed by atoms with Crippen LogP contribution in [0.4, 0.5) is 4.79 Å². The second kappa shape index (κ2) is 9.40. The molecule has 0 aliphatic carbocycles. The van der Waals surface area contributed by atoms with Crippen molar-refractivity contribution in [2.45, 2.75) is 13.0 Å². The molecule has 1 aliphatic rings. The lowest BCUT2D eigenvalue weighted by Crippen LogP contribution is -2.45. The van der Waals surface area contributed by atoms with Gasteiger partial charge in [0, 0.05) is 17.3 Å². The first-order valence-corrected chi connectivity index (χ1v) is 10.3. The topological polar surface area (TPSA) is 93.7 Å². The van der Waals surface area contributed by atoms with Crippen molar-refractivity contribution < 1.29 is 23.9 Å². The van der Waals surface area contributed by atoms with Crippen LogP contribution < -0.4 is 15.4 Å². The fourth-order valence-electron chi connectivity index (χ4n) is 3.82. The van der Waals surface area contributed by atoms with E-state index in [4.69, 9.17) is 9.47 Å². The third kappa shape index (κ3) is 4.62. The largest absolute Gasteiger partial charge is 0.466 e. The van der Waals surface area contributed by atoms with Gasteiger partial charge in [-0.1, -0.05) is 60.7 Å². The van der Waals surface area contributed by atoms with Gasteiger partial charge in [0.1, 0.15) is 5.75 Å². The van der Waals surface area contributed by atoms with Gasteiger partial charge in [0.2, 0.25) is 0 Å². The van der Waals surface area contributed by atoms with E-state index in [1.807, 2.05) is 60.7 Å². The van der Waals surface area contributed by atoms with Crippen LogP contribution in [0.3, 0.4) is 0 Å². The van der Waals surface area contributed by atoms with Crippen LogP contribution in [-0.4, -0.2) is 25.1 Å². The zero-order chi connectivity index (χ0) is 23.4. The van der Waals surface area contributed by atoms with E-state index < -0.39 is 24.0 Å². The Balaban J connectivity index is 1.80. The number of hydrogen-bond donors (Lipinski definition) is 2. The van der Waals surface area contributed by atoms with E-state index in [9.17, 15) is 14.4 Å². The number of benzene rings is 3. The molecule has 0 bridgehead atoms. The van der Waals surface area contributed by atoms with E-state index in [2.05, 4.69) is 10.6 Å². The molecule has 0 spiro atoms. The molecule has 0 saturated carbocycles. The van der Waals surface area contributed by atoms with Crippen LogP contribution in [0.2, 0.25) is 0 Å². The Labute approximate surface area is 190 Å². The Morgan fingerprint density at radius 3 is 2.45 bits per heavy atom. The molecular weight excluding hydrogens is 420 g/mol. The summed E-state index contributed by atoms with van der Waals surface area (Å²) >= 11 is 0. The van der Waals surface area contributed by atoms with Crippen LogP contribution in [0.15, 0.2) is 84.1 Å². The van der Waals surface area contributed by atoms with Gasteiger partial charge >= 0.3 is 18.0 Å². The number of esters is 2. The van der Waals surface area contributed by atoms with E-state index in [0.29, 0.717) is 11.3 Å². The maximum Gasteiger partial charge on any atom is 0.337 e. The molecule has 1 unspecified atom stereocenters. The number of urea groups is 1. The van der Waals surface area contributed by atoms with Gasteiger partial charge in [-0.05, 0) is 35.4 Å².